The van der Waals surface area contributed by atoms with Gasteiger partial charge in [-0.1, -0.05) is 0 Å². The maximum Gasteiger partial charge on any atom is 0.325 e. The molecule has 12 heavy (non-hydrogen) atoms. The van der Waals surface area contributed by atoms with Gasteiger partial charge in [0.1, 0.15) is 0 Å². The van der Waals surface area contributed by atoms with Crippen LogP contribution in [0, 0.1) is 13.8 Å². The van der Waals surface area contributed by atoms with Gasteiger partial charge in [0.15, 0.2) is 5.65 Å². The number of nitrogens with one attached hydrogen (secondary N) is 2. The minimum Gasteiger partial charge on any atom is -0.304 e. The molecular formula is C8H9N3O. The van der Waals surface area contributed by atoms with Crippen LogP contribution < -0.4 is 5.69 Å². The molecule has 2 N–H and O–H groups in total. The van der Waals surface area contributed by atoms with Gasteiger partial charge in [0.05, 0.1) is 5.52 Å². The van der Waals surface area contributed by atoms with E-state index in [1.54, 1.807) is 0 Å². The van der Waals surface area contributed by atoms with Crippen LogP contribution in [-0.4, -0.2) is 15.0 Å². The first-order valence-electron chi connectivity index (χ1n) is 3.73. The fourth-order valence-corrected chi connectivity index (χ4v) is 1.34. The molecule has 2 heterocycles. The topological polar surface area (TPSA) is 61.5 Å². The first-order valence-corrected chi connectivity index (χ1v) is 3.73. The van der Waals surface area contributed by atoms with E-state index in [4.69, 9.17) is 0 Å². The molecule has 0 saturated heterocycles. The summed E-state index contributed by atoms with van der Waals surface area (Å²) in [7, 11) is 0. The number of pyridine rings is 1. The van der Waals surface area contributed by atoms with Crippen molar-refractivity contribution in [1.29, 1.82) is 0 Å². The van der Waals surface area contributed by atoms with E-state index in [0.29, 0.717) is 5.65 Å². The Morgan fingerprint density at radius 1 is 1.33 bits per heavy atom. The second-order valence-electron chi connectivity index (χ2n) is 2.88. The Balaban J connectivity index is 2.97. The van der Waals surface area contributed by atoms with E-state index in [-0.39, 0.29) is 5.69 Å². The highest BCUT2D eigenvalue weighted by atomic mass is 16.1. The number of aromatic amines is 2. The minimum atomic E-state index is -0.203. The van der Waals surface area contributed by atoms with E-state index in [9.17, 15) is 4.79 Å². The van der Waals surface area contributed by atoms with Gasteiger partial charge in [-0.05, 0) is 25.5 Å². The molecule has 2 aromatic heterocycles. The Kier molecular flexibility index (Phi) is 1.30. The molecule has 0 spiro atoms. The van der Waals surface area contributed by atoms with Crippen LogP contribution in [0.3, 0.4) is 0 Å². The highest BCUT2D eigenvalue weighted by Gasteiger charge is 2.02. The smallest absolute Gasteiger partial charge is 0.304 e. The van der Waals surface area contributed by atoms with Crippen LogP contribution in [0.2, 0.25) is 0 Å². The standard InChI is InChI=1S/C8H9N3O/c1-4-3-5(2)9-7-6(4)10-8(12)11-7/h3H,1-2H3,(H2,9,10,11,12). The van der Waals surface area contributed by atoms with E-state index in [1.165, 1.54) is 0 Å². The second kappa shape index (κ2) is 2.20. The molecular weight excluding hydrogens is 154 g/mol. The summed E-state index contributed by atoms with van der Waals surface area (Å²) in [4.78, 5) is 20.4. The number of aryl methyl sites for hydroxylation is 2. The molecule has 0 unspecified atom stereocenters. The van der Waals surface area contributed by atoms with E-state index < -0.39 is 0 Å². The summed E-state index contributed by atoms with van der Waals surface area (Å²) in [6.07, 6.45) is 0. The lowest BCUT2D eigenvalue weighted by Gasteiger charge is -1.95. The van der Waals surface area contributed by atoms with Crippen LogP contribution in [-0.2, 0) is 0 Å². The highest BCUT2D eigenvalue weighted by molar-refractivity contribution is 5.73. The van der Waals surface area contributed by atoms with Crippen molar-refractivity contribution >= 4 is 11.2 Å². The molecule has 0 atom stereocenters. The van der Waals surface area contributed by atoms with Crippen LogP contribution in [0.25, 0.3) is 11.2 Å². The fraction of sp³-hybridized carbons (Fsp3) is 0.250. The van der Waals surface area contributed by atoms with Gasteiger partial charge < -0.3 is 4.98 Å². The number of hydrogen-bond acceptors (Lipinski definition) is 2. The first kappa shape index (κ1) is 7.09. The van der Waals surface area contributed by atoms with Crippen LogP contribution in [0.5, 0.6) is 0 Å². The molecule has 62 valence electrons. The highest BCUT2D eigenvalue weighted by Crippen LogP contribution is 2.10. The van der Waals surface area contributed by atoms with E-state index in [2.05, 4.69) is 15.0 Å². The largest absolute Gasteiger partial charge is 0.325 e. The molecule has 0 aliphatic rings. The molecule has 0 amide bonds. The number of nitrogens with zero attached hydrogens (tertiary/aromatic N) is 1. The molecule has 4 nitrogen and oxygen atoms in total. The molecule has 2 rings (SSSR count). The Hall–Kier alpha value is -1.58. The zero-order valence-electron chi connectivity index (χ0n) is 6.93. The number of hydrogen-bond donors (Lipinski definition) is 2. The quantitative estimate of drug-likeness (QED) is 0.605. The predicted molar refractivity (Wildman–Crippen MR) is 46.2 cm³/mol. The third-order valence-electron chi connectivity index (χ3n) is 1.82. The lowest BCUT2D eigenvalue weighted by molar-refractivity contribution is 1.18. The van der Waals surface area contributed by atoms with Crippen molar-refractivity contribution in [3.8, 4) is 0 Å². The lowest BCUT2D eigenvalue weighted by Crippen LogP contribution is -1.99. The average Bonchev–Trinajstić information content (AvgIpc) is 2.29. The van der Waals surface area contributed by atoms with Crippen LogP contribution >= 0.6 is 0 Å². The number of rotatable bonds is 0. The van der Waals surface area contributed by atoms with Crippen LogP contribution in [0.15, 0.2) is 10.9 Å². The van der Waals surface area contributed by atoms with Gasteiger partial charge in [-0.25, -0.2) is 9.78 Å². The third-order valence-corrected chi connectivity index (χ3v) is 1.82. The number of fused-ring (bicyclic) bond motifs is 1. The van der Waals surface area contributed by atoms with Gasteiger partial charge in [0, 0.05) is 5.69 Å². The van der Waals surface area contributed by atoms with Gasteiger partial charge in [-0.3, -0.25) is 4.98 Å². The van der Waals surface area contributed by atoms with Gasteiger partial charge in [0.2, 0.25) is 0 Å². The summed E-state index contributed by atoms with van der Waals surface area (Å²) in [5.41, 5.74) is 3.18. The van der Waals surface area contributed by atoms with Crippen LogP contribution in [0.4, 0.5) is 0 Å². The number of aromatic nitrogens is 3. The molecule has 0 aliphatic heterocycles. The monoisotopic (exact) mass is 163 g/mol. The predicted octanol–water partition coefficient (Wildman–Crippen LogP) is 0.868. The van der Waals surface area contributed by atoms with Crippen molar-refractivity contribution in [3.05, 3.63) is 27.8 Å². The summed E-state index contributed by atoms with van der Waals surface area (Å²) >= 11 is 0. The maximum atomic E-state index is 10.9. The molecule has 0 saturated carbocycles. The first-order chi connectivity index (χ1) is 5.66. The lowest BCUT2D eigenvalue weighted by atomic mass is 10.2. The van der Waals surface area contributed by atoms with Gasteiger partial charge in [0.25, 0.3) is 0 Å². The molecule has 0 aliphatic carbocycles. The maximum absolute atomic E-state index is 10.9. The van der Waals surface area contributed by atoms with E-state index in [1.807, 2.05) is 19.9 Å². The number of H-pyrrole nitrogens is 2. The SMILES string of the molecule is Cc1cc(C)c2[nH]c(=O)[nH]c2n1. The van der Waals surface area contributed by atoms with Gasteiger partial charge in [-0.2, -0.15) is 0 Å². The zero-order chi connectivity index (χ0) is 8.72. The van der Waals surface area contributed by atoms with Crippen molar-refractivity contribution < 1.29 is 0 Å². The summed E-state index contributed by atoms with van der Waals surface area (Å²) in [6, 6.07) is 1.94. The van der Waals surface area contributed by atoms with Crippen LogP contribution in [0.1, 0.15) is 11.3 Å². The Morgan fingerprint density at radius 3 is 2.83 bits per heavy atom. The molecule has 2 aromatic rings. The summed E-state index contributed by atoms with van der Waals surface area (Å²) in [6.45, 7) is 3.85. The summed E-state index contributed by atoms with van der Waals surface area (Å²) < 4.78 is 0. The average molecular weight is 163 g/mol. The molecule has 0 aromatic carbocycles. The normalized spacial score (nSPS) is 10.8. The van der Waals surface area contributed by atoms with Crippen molar-refractivity contribution in [2.75, 3.05) is 0 Å². The Morgan fingerprint density at radius 2 is 2.08 bits per heavy atom. The summed E-state index contributed by atoms with van der Waals surface area (Å²) in [5, 5.41) is 0. The van der Waals surface area contributed by atoms with E-state index >= 15 is 0 Å². The molecule has 4 heteroatoms. The molecule has 0 radical (unpaired) electrons. The fourth-order valence-electron chi connectivity index (χ4n) is 1.34. The second-order valence-corrected chi connectivity index (χ2v) is 2.88. The molecule has 0 fully saturated rings. The minimum absolute atomic E-state index is 0.203. The summed E-state index contributed by atoms with van der Waals surface area (Å²) in [5.74, 6) is 0. The van der Waals surface area contributed by atoms with Gasteiger partial charge in [-0.15, -0.1) is 0 Å². The molecule has 0 bridgehead atoms. The van der Waals surface area contributed by atoms with Crippen molar-refractivity contribution in [3.63, 3.8) is 0 Å². The van der Waals surface area contributed by atoms with Gasteiger partial charge >= 0.3 is 5.69 Å². The van der Waals surface area contributed by atoms with E-state index in [0.717, 1.165) is 16.8 Å². The van der Waals surface area contributed by atoms with Crippen molar-refractivity contribution in [1.82, 2.24) is 15.0 Å². The Bertz CT molecular complexity index is 480. The zero-order valence-corrected chi connectivity index (χ0v) is 6.93. The number of imidazole rings is 1. The Labute approximate surface area is 68.7 Å². The van der Waals surface area contributed by atoms with Crippen molar-refractivity contribution in [2.24, 2.45) is 0 Å². The van der Waals surface area contributed by atoms with Crippen molar-refractivity contribution in [2.45, 2.75) is 13.8 Å². The third kappa shape index (κ3) is 0.922.